The third-order valence-electron chi connectivity index (χ3n) is 5.14. The van der Waals surface area contributed by atoms with Crippen LogP contribution in [0.15, 0.2) is 21.8 Å². The maximum absolute atomic E-state index is 12.8. The number of amides is 2. The van der Waals surface area contributed by atoms with Gasteiger partial charge in [0.15, 0.2) is 10.8 Å². The normalized spacial score (nSPS) is 25.2. The number of thiazole rings is 1. The first-order chi connectivity index (χ1) is 15.3. The van der Waals surface area contributed by atoms with Crippen molar-refractivity contribution >= 4 is 57.7 Å². The van der Waals surface area contributed by atoms with Crippen LogP contribution in [-0.2, 0) is 28.8 Å². The number of esters is 1. The summed E-state index contributed by atoms with van der Waals surface area (Å²) in [5.74, 6) is -2.47. The average molecular weight is 482 g/mol. The molecule has 4 heterocycles. The van der Waals surface area contributed by atoms with E-state index in [1.807, 2.05) is 0 Å². The number of cyclic esters (lactones) is 1. The molecule has 0 aromatic carbocycles. The van der Waals surface area contributed by atoms with Crippen LogP contribution in [0, 0.1) is 0 Å². The van der Waals surface area contributed by atoms with Crippen LogP contribution in [0.2, 0.25) is 0 Å². The predicted molar refractivity (Wildman–Crippen MR) is 113 cm³/mol. The lowest BCUT2D eigenvalue weighted by Crippen LogP contribution is -2.71. The van der Waals surface area contributed by atoms with Crippen molar-refractivity contribution < 1.29 is 33.9 Å². The summed E-state index contributed by atoms with van der Waals surface area (Å²) >= 11 is 2.45. The van der Waals surface area contributed by atoms with Crippen molar-refractivity contribution in [3.05, 3.63) is 22.3 Å². The monoisotopic (exact) mass is 481 g/mol. The molecule has 0 spiro atoms. The first-order valence-corrected chi connectivity index (χ1v) is 11.5. The number of anilines is 1. The maximum Gasteiger partial charge on any atom is 0.352 e. The minimum absolute atomic E-state index is 0.120. The number of aliphatic carboxylic acids is 1. The van der Waals surface area contributed by atoms with Crippen molar-refractivity contribution in [2.45, 2.75) is 36.8 Å². The minimum Gasteiger partial charge on any atom is -0.477 e. The Hall–Kier alpha value is -3.13. The van der Waals surface area contributed by atoms with E-state index < -0.39 is 35.3 Å². The number of β-lactam (4-membered cyclic amide) rings is 1. The molecule has 3 aliphatic rings. The standard InChI is InChI=1S/C18H19N5O7S2/c1-29-22-11(9-6-32-18(19)20-9)14(25)21-12-15(26)23-13(17(27)28)7(5-31-16(12)23)4-8-2-3-10(24)30-8/h6,8,12,16H,2-5H2,1H3,(H2,19,20)(H,21,25)(H,27,28)/t8?,12-,16+/m1/s1. The van der Waals surface area contributed by atoms with E-state index in [1.54, 1.807) is 0 Å². The van der Waals surface area contributed by atoms with Crippen LogP contribution >= 0.6 is 23.1 Å². The molecule has 32 heavy (non-hydrogen) atoms. The summed E-state index contributed by atoms with van der Waals surface area (Å²) in [6.07, 6.45) is 0.667. The van der Waals surface area contributed by atoms with E-state index in [2.05, 4.69) is 15.5 Å². The van der Waals surface area contributed by atoms with Crippen LogP contribution in [0.4, 0.5) is 5.13 Å². The van der Waals surface area contributed by atoms with Crippen LogP contribution in [0.25, 0.3) is 0 Å². The summed E-state index contributed by atoms with van der Waals surface area (Å²) in [7, 11) is 1.27. The van der Waals surface area contributed by atoms with Gasteiger partial charge in [-0.05, 0) is 12.0 Å². The Morgan fingerprint density at radius 2 is 2.25 bits per heavy atom. The largest absolute Gasteiger partial charge is 0.477 e. The lowest BCUT2D eigenvalue weighted by atomic mass is 9.99. The second-order valence-corrected chi connectivity index (χ2v) is 9.16. The van der Waals surface area contributed by atoms with Crippen LogP contribution < -0.4 is 11.1 Å². The van der Waals surface area contributed by atoms with Gasteiger partial charge in [-0.1, -0.05) is 5.16 Å². The highest BCUT2D eigenvalue weighted by molar-refractivity contribution is 8.00. The topological polar surface area (TPSA) is 174 Å². The highest BCUT2D eigenvalue weighted by Gasteiger charge is 2.54. The van der Waals surface area contributed by atoms with Gasteiger partial charge in [-0.15, -0.1) is 23.1 Å². The SMILES string of the molecule is CON=C(C(=O)N[C@@H]1C(=O)N2C(C(=O)O)=C(CC3CCC(=O)O3)CS[C@@H]12)c1csc(N)n1. The number of aromatic nitrogens is 1. The zero-order chi connectivity index (χ0) is 23.0. The Morgan fingerprint density at radius 1 is 1.47 bits per heavy atom. The molecule has 3 aliphatic heterocycles. The third kappa shape index (κ3) is 4.02. The molecule has 1 aromatic heterocycles. The molecule has 2 saturated heterocycles. The lowest BCUT2D eigenvalue weighted by Gasteiger charge is -2.49. The second kappa shape index (κ2) is 8.78. The second-order valence-electron chi connectivity index (χ2n) is 7.17. The Balaban J connectivity index is 1.50. The summed E-state index contributed by atoms with van der Waals surface area (Å²) in [5.41, 5.74) is 6.07. The molecule has 4 N–H and O–H groups in total. The number of nitrogen functional groups attached to an aromatic ring is 1. The number of carbonyl (C=O) groups excluding carboxylic acids is 3. The van der Waals surface area contributed by atoms with E-state index in [9.17, 15) is 24.3 Å². The number of nitrogens with two attached hydrogens (primary N) is 1. The molecule has 0 saturated carbocycles. The molecule has 1 aromatic rings. The average Bonchev–Trinajstić information content (AvgIpc) is 3.37. The lowest BCUT2D eigenvalue weighted by molar-refractivity contribution is -0.150. The summed E-state index contributed by atoms with van der Waals surface area (Å²) in [4.78, 5) is 58.7. The number of thioether (sulfide) groups is 1. The molecule has 12 nitrogen and oxygen atoms in total. The molecule has 14 heteroatoms. The molecule has 2 amide bonds. The van der Waals surface area contributed by atoms with Gasteiger partial charge in [-0.25, -0.2) is 9.78 Å². The number of carboxylic acids is 1. The predicted octanol–water partition coefficient (Wildman–Crippen LogP) is -0.0899. The number of hydrogen-bond acceptors (Lipinski definition) is 11. The van der Waals surface area contributed by atoms with E-state index >= 15 is 0 Å². The van der Waals surface area contributed by atoms with Crippen LogP contribution in [0.3, 0.4) is 0 Å². The Bertz CT molecular complexity index is 1050. The van der Waals surface area contributed by atoms with Gasteiger partial charge in [0, 0.05) is 24.0 Å². The van der Waals surface area contributed by atoms with E-state index in [0.29, 0.717) is 24.2 Å². The van der Waals surface area contributed by atoms with E-state index in [-0.39, 0.29) is 34.6 Å². The fraction of sp³-hybridized carbons (Fsp3) is 0.444. The molecule has 3 atom stereocenters. The summed E-state index contributed by atoms with van der Waals surface area (Å²) < 4.78 is 5.19. The van der Waals surface area contributed by atoms with Crippen LogP contribution in [0.5, 0.6) is 0 Å². The highest BCUT2D eigenvalue weighted by Crippen LogP contribution is 2.42. The Labute approximate surface area is 189 Å². The number of rotatable bonds is 7. The smallest absolute Gasteiger partial charge is 0.352 e. The Kier molecular flexibility index (Phi) is 6.06. The van der Waals surface area contributed by atoms with Gasteiger partial charge in [0.05, 0.1) is 0 Å². The van der Waals surface area contributed by atoms with E-state index in [4.69, 9.17) is 15.3 Å². The molecule has 0 bridgehead atoms. The van der Waals surface area contributed by atoms with Gasteiger partial charge >= 0.3 is 11.9 Å². The summed E-state index contributed by atoms with van der Waals surface area (Å²) in [5, 5.41) is 17.2. The minimum atomic E-state index is -1.24. The molecule has 1 unspecified atom stereocenters. The maximum atomic E-state index is 12.8. The first-order valence-electron chi connectivity index (χ1n) is 9.53. The number of hydrogen-bond donors (Lipinski definition) is 3. The van der Waals surface area contributed by atoms with Crippen molar-refractivity contribution in [1.82, 2.24) is 15.2 Å². The molecular weight excluding hydrogens is 462 g/mol. The summed E-state index contributed by atoms with van der Waals surface area (Å²) in [6, 6.07) is -0.939. The van der Waals surface area contributed by atoms with Gasteiger partial charge in [0.25, 0.3) is 11.8 Å². The van der Waals surface area contributed by atoms with Crippen molar-refractivity contribution in [2.24, 2.45) is 5.16 Å². The van der Waals surface area contributed by atoms with Gasteiger partial charge in [-0.2, -0.15) is 0 Å². The van der Waals surface area contributed by atoms with Gasteiger partial charge in [-0.3, -0.25) is 19.3 Å². The highest BCUT2D eigenvalue weighted by atomic mass is 32.2. The number of carboxylic acid groups (broad SMARTS) is 1. The molecule has 0 radical (unpaired) electrons. The third-order valence-corrected chi connectivity index (χ3v) is 7.15. The number of ether oxygens (including phenoxy) is 1. The van der Waals surface area contributed by atoms with Gasteiger partial charge in [0.1, 0.15) is 36.0 Å². The zero-order valence-electron chi connectivity index (χ0n) is 16.8. The van der Waals surface area contributed by atoms with Crippen molar-refractivity contribution in [1.29, 1.82) is 0 Å². The van der Waals surface area contributed by atoms with Crippen LogP contribution in [-0.4, -0.2) is 74.8 Å². The molecular formula is C18H19N5O7S2. The van der Waals surface area contributed by atoms with E-state index in [0.717, 1.165) is 11.3 Å². The number of nitrogens with zero attached hydrogens (tertiary/aromatic N) is 3. The van der Waals surface area contributed by atoms with E-state index in [1.165, 1.54) is 29.2 Å². The van der Waals surface area contributed by atoms with Gasteiger partial charge < -0.3 is 25.7 Å². The van der Waals surface area contributed by atoms with Crippen molar-refractivity contribution in [3.8, 4) is 0 Å². The summed E-state index contributed by atoms with van der Waals surface area (Å²) in [6.45, 7) is 0. The number of nitrogens with one attached hydrogen (secondary N) is 1. The molecule has 0 aliphatic carbocycles. The van der Waals surface area contributed by atoms with Crippen LogP contribution in [0.1, 0.15) is 25.0 Å². The molecule has 2 fully saturated rings. The zero-order valence-corrected chi connectivity index (χ0v) is 18.4. The number of oxime groups is 1. The van der Waals surface area contributed by atoms with Crippen molar-refractivity contribution in [3.63, 3.8) is 0 Å². The quantitative estimate of drug-likeness (QED) is 0.207. The fourth-order valence-electron chi connectivity index (χ4n) is 3.74. The first kappa shape index (κ1) is 22.1. The number of carbonyl (C=O) groups is 4. The Morgan fingerprint density at radius 3 is 2.84 bits per heavy atom. The van der Waals surface area contributed by atoms with Crippen molar-refractivity contribution in [2.75, 3.05) is 18.6 Å². The molecule has 4 rings (SSSR count). The molecule has 170 valence electrons. The fourth-order valence-corrected chi connectivity index (χ4v) is 5.65. The number of fused-ring (bicyclic) bond motifs is 1. The van der Waals surface area contributed by atoms with Gasteiger partial charge in [0.2, 0.25) is 0 Å².